The predicted octanol–water partition coefficient (Wildman–Crippen LogP) is 3.94. The Balaban J connectivity index is 0.00000320. The number of aliphatic imine (C=N–C) groups is 1. The minimum Gasteiger partial charge on any atom is -0.357 e. The van der Waals surface area contributed by atoms with Crippen molar-refractivity contribution in [3.8, 4) is 0 Å². The molecular weight excluding hydrogens is 508 g/mol. The van der Waals surface area contributed by atoms with Crippen LogP contribution in [0.2, 0.25) is 0 Å². The van der Waals surface area contributed by atoms with Gasteiger partial charge in [0.05, 0.1) is 12.1 Å². The van der Waals surface area contributed by atoms with E-state index in [-0.39, 0.29) is 24.0 Å². The van der Waals surface area contributed by atoms with Crippen molar-refractivity contribution in [2.45, 2.75) is 58.3 Å². The molecule has 0 spiro atoms. The minimum atomic E-state index is -4.32. The highest BCUT2D eigenvalue weighted by Crippen LogP contribution is 2.29. The van der Waals surface area contributed by atoms with Gasteiger partial charge in [-0.05, 0) is 37.5 Å². The molecule has 2 aromatic rings. The van der Waals surface area contributed by atoms with Gasteiger partial charge in [-0.25, -0.2) is 4.99 Å². The van der Waals surface area contributed by atoms with Crippen molar-refractivity contribution in [2.24, 2.45) is 4.99 Å². The van der Waals surface area contributed by atoms with Gasteiger partial charge in [-0.1, -0.05) is 18.6 Å². The Hall–Kier alpha value is -1.85. The number of benzene rings is 1. The standard InChI is InChI=1S/C20H27F3N6.HI/c1-2-24-19(26-14-15-7-9-16(10-8-15)20(21,22)23)25-12-11-18-28-27-17-6-4-3-5-13-29(17)18;/h7-10H,2-6,11-14H2,1H3,(H2,24,25,26);1H. The van der Waals surface area contributed by atoms with Crippen LogP contribution in [0.15, 0.2) is 29.3 Å². The second kappa shape index (κ2) is 11.5. The lowest BCUT2D eigenvalue weighted by molar-refractivity contribution is -0.137. The van der Waals surface area contributed by atoms with Crippen LogP contribution in [0.5, 0.6) is 0 Å². The summed E-state index contributed by atoms with van der Waals surface area (Å²) in [6.07, 6.45) is 0.940. The lowest BCUT2D eigenvalue weighted by Gasteiger charge is -2.12. The highest BCUT2D eigenvalue weighted by atomic mass is 127. The van der Waals surface area contributed by atoms with Gasteiger partial charge < -0.3 is 15.2 Å². The Bertz CT molecular complexity index is 817. The second-order valence-corrected chi connectivity index (χ2v) is 7.06. The number of alkyl halides is 3. The fraction of sp³-hybridized carbons (Fsp3) is 0.550. The summed E-state index contributed by atoms with van der Waals surface area (Å²) >= 11 is 0. The van der Waals surface area contributed by atoms with Crippen molar-refractivity contribution in [3.63, 3.8) is 0 Å². The number of aryl methyl sites for hydroxylation is 1. The molecule has 10 heteroatoms. The molecule has 30 heavy (non-hydrogen) atoms. The van der Waals surface area contributed by atoms with Gasteiger partial charge >= 0.3 is 6.18 Å². The summed E-state index contributed by atoms with van der Waals surface area (Å²) in [4.78, 5) is 4.47. The second-order valence-electron chi connectivity index (χ2n) is 7.06. The van der Waals surface area contributed by atoms with E-state index in [0.29, 0.717) is 25.6 Å². The molecule has 2 N–H and O–H groups in total. The SMILES string of the molecule is CCNC(=NCc1ccc(C(F)(F)F)cc1)NCCc1nnc2n1CCCCC2.I. The molecule has 1 aliphatic rings. The Morgan fingerprint density at radius 1 is 1.10 bits per heavy atom. The van der Waals surface area contributed by atoms with Crippen LogP contribution >= 0.6 is 24.0 Å². The fourth-order valence-electron chi connectivity index (χ4n) is 3.33. The fourth-order valence-corrected chi connectivity index (χ4v) is 3.33. The first-order chi connectivity index (χ1) is 14.0. The van der Waals surface area contributed by atoms with Crippen LogP contribution in [0.1, 0.15) is 49.0 Å². The van der Waals surface area contributed by atoms with Gasteiger partial charge in [-0.2, -0.15) is 13.2 Å². The Labute approximate surface area is 191 Å². The summed E-state index contributed by atoms with van der Waals surface area (Å²) in [5.74, 6) is 2.68. The Morgan fingerprint density at radius 3 is 2.57 bits per heavy atom. The first-order valence-corrected chi connectivity index (χ1v) is 10.1. The molecule has 1 aliphatic heterocycles. The van der Waals surface area contributed by atoms with Crippen molar-refractivity contribution >= 4 is 29.9 Å². The zero-order chi connectivity index (χ0) is 20.7. The third-order valence-electron chi connectivity index (χ3n) is 4.87. The van der Waals surface area contributed by atoms with E-state index in [9.17, 15) is 13.2 Å². The topological polar surface area (TPSA) is 67.1 Å². The van der Waals surface area contributed by atoms with Crippen LogP contribution in [0.25, 0.3) is 0 Å². The first kappa shape index (κ1) is 24.4. The van der Waals surface area contributed by atoms with E-state index < -0.39 is 11.7 Å². The predicted molar refractivity (Wildman–Crippen MR) is 121 cm³/mol. The lowest BCUT2D eigenvalue weighted by Crippen LogP contribution is -2.38. The monoisotopic (exact) mass is 536 g/mol. The van der Waals surface area contributed by atoms with Gasteiger partial charge in [0.2, 0.25) is 0 Å². The molecule has 0 fully saturated rings. The maximum atomic E-state index is 12.7. The van der Waals surface area contributed by atoms with E-state index in [1.165, 1.54) is 18.6 Å². The average molecular weight is 536 g/mol. The van der Waals surface area contributed by atoms with Crippen molar-refractivity contribution < 1.29 is 13.2 Å². The zero-order valence-corrected chi connectivity index (χ0v) is 19.3. The summed E-state index contributed by atoms with van der Waals surface area (Å²) < 4.78 is 40.2. The van der Waals surface area contributed by atoms with E-state index in [1.54, 1.807) is 0 Å². The van der Waals surface area contributed by atoms with Gasteiger partial charge in [-0.15, -0.1) is 34.2 Å². The number of guanidine groups is 1. The molecule has 1 aromatic heterocycles. The molecule has 0 radical (unpaired) electrons. The highest BCUT2D eigenvalue weighted by molar-refractivity contribution is 14.0. The van der Waals surface area contributed by atoms with Crippen LogP contribution in [0.3, 0.4) is 0 Å². The number of nitrogens with zero attached hydrogens (tertiary/aromatic N) is 4. The number of halogens is 4. The van der Waals surface area contributed by atoms with Crippen LogP contribution < -0.4 is 10.6 Å². The third kappa shape index (κ3) is 6.85. The maximum absolute atomic E-state index is 12.7. The van der Waals surface area contributed by atoms with E-state index in [1.807, 2.05) is 6.92 Å². The van der Waals surface area contributed by atoms with E-state index >= 15 is 0 Å². The molecule has 166 valence electrons. The highest BCUT2D eigenvalue weighted by Gasteiger charge is 2.29. The largest absolute Gasteiger partial charge is 0.416 e. The summed E-state index contributed by atoms with van der Waals surface area (Å²) in [7, 11) is 0. The smallest absolute Gasteiger partial charge is 0.357 e. The molecule has 0 bridgehead atoms. The molecular formula is C20H28F3IN6. The number of rotatable bonds is 6. The molecule has 0 unspecified atom stereocenters. The molecule has 0 aliphatic carbocycles. The molecule has 0 saturated heterocycles. The summed E-state index contributed by atoms with van der Waals surface area (Å²) in [6.45, 7) is 4.58. The third-order valence-corrected chi connectivity index (χ3v) is 4.87. The van der Waals surface area contributed by atoms with Gasteiger partial charge in [0.1, 0.15) is 11.6 Å². The molecule has 6 nitrogen and oxygen atoms in total. The lowest BCUT2D eigenvalue weighted by atomic mass is 10.1. The van der Waals surface area contributed by atoms with Crippen LogP contribution in [0, 0.1) is 0 Å². The molecule has 0 saturated carbocycles. The van der Waals surface area contributed by atoms with E-state index in [0.717, 1.165) is 61.6 Å². The van der Waals surface area contributed by atoms with Gasteiger partial charge in [0, 0.05) is 32.5 Å². The van der Waals surface area contributed by atoms with Gasteiger partial charge in [0.25, 0.3) is 0 Å². The number of aromatic nitrogens is 3. The maximum Gasteiger partial charge on any atom is 0.416 e. The molecule has 1 aromatic carbocycles. The first-order valence-electron chi connectivity index (χ1n) is 10.1. The Kier molecular flexibility index (Phi) is 9.37. The van der Waals surface area contributed by atoms with Crippen molar-refractivity contribution in [1.82, 2.24) is 25.4 Å². The molecule has 0 atom stereocenters. The zero-order valence-electron chi connectivity index (χ0n) is 17.0. The van der Waals surface area contributed by atoms with E-state index in [2.05, 4.69) is 30.4 Å². The van der Waals surface area contributed by atoms with Crippen LogP contribution in [-0.2, 0) is 32.1 Å². The summed E-state index contributed by atoms with van der Waals surface area (Å²) in [5, 5.41) is 15.1. The van der Waals surface area contributed by atoms with Gasteiger partial charge in [0.15, 0.2) is 5.96 Å². The molecule has 2 heterocycles. The number of hydrogen-bond acceptors (Lipinski definition) is 3. The quantitative estimate of drug-likeness (QED) is 0.334. The normalized spacial score (nSPS) is 14.5. The summed E-state index contributed by atoms with van der Waals surface area (Å²) in [6, 6.07) is 5.09. The van der Waals surface area contributed by atoms with Gasteiger partial charge in [-0.3, -0.25) is 0 Å². The minimum absolute atomic E-state index is 0. The van der Waals surface area contributed by atoms with Crippen molar-refractivity contribution in [2.75, 3.05) is 13.1 Å². The van der Waals surface area contributed by atoms with Crippen LogP contribution in [0.4, 0.5) is 13.2 Å². The summed E-state index contributed by atoms with van der Waals surface area (Å²) in [5.41, 5.74) is 0.0701. The van der Waals surface area contributed by atoms with Crippen molar-refractivity contribution in [3.05, 3.63) is 47.0 Å². The van der Waals surface area contributed by atoms with E-state index in [4.69, 9.17) is 0 Å². The Morgan fingerprint density at radius 2 is 1.87 bits per heavy atom. The molecule has 3 rings (SSSR count). The van der Waals surface area contributed by atoms with Crippen molar-refractivity contribution in [1.29, 1.82) is 0 Å². The number of nitrogens with one attached hydrogen (secondary N) is 2. The number of fused-ring (bicyclic) bond motifs is 1. The van der Waals surface area contributed by atoms with Crippen LogP contribution in [-0.4, -0.2) is 33.8 Å². The number of hydrogen-bond donors (Lipinski definition) is 2. The molecule has 0 amide bonds. The average Bonchev–Trinajstić information content (AvgIpc) is 2.92.